The lowest BCUT2D eigenvalue weighted by molar-refractivity contribution is -0.0796. The number of ether oxygens (including phenoxy) is 2. The van der Waals surface area contributed by atoms with E-state index in [1.165, 1.54) is 6.33 Å². The average molecular weight is 317 g/mol. The molecule has 0 saturated carbocycles. The highest BCUT2D eigenvalue weighted by Crippen LogP contribution is 2.37. The summed E-state index contributed by atoms with van der Waals surface area (Å²) < 4.78 is 12.4. The minimum atomic E-state index is -0.892. The molecule has 0 fully saturated rings. The number of hydrogen-bond donors (Lipinski definition) is 1. The molecule has 1 aliphatic rings. The van der Waals surface area contributed by atoms with E-state index in [0.29, 0.717) is 13.0 Å². The summed E-state index contributed by atoms with van der Waals surface area (Å²) in [6, 6.07) is 5.93. The fourth-order valence-corrected chi connectivity index (χ4v) is 2.72. The van der Waals surface area contributed by atoms with Crippen LogP contribution in [0.4, 0.5) is 0 Å². The summed E-state index contributed by atoms with van der Waals surface area (Å²) in [6.45, 7) is 6.83. The molecule has 0 radical (unpaired) electrons. The summed E-state index contributed by atoms with van der Waals surface area (Å²) in [7, 11) is 0. The van der Waals surface area contributed by atoms with Crippen LogP contribution in [0.3, 0.4) is 0 Å². The molecule has 6 heteroatoms. The Bertz CT molecular complexity index is 664. The van der Waals surface area contributed by atoms with E-state index in [4.69, 9.17) is 9.47 Å². The van der Waals surface area contributed by atoms with Gasteiger partial charge in [0.25, 0.3) is 0 Å². The van der Waals surface area contributed by atoms with E-state index in [2.05, 4.69) is 10.1 Å². The second kappa shape index (κ2) is 5.85. The minimum absolute atomic E-state index is 0.275. The van der Waals surface area contributed by atoms with E-state index >= 15 is 0 Å². The highest BCUT2D eigenvalue weighted by atomic mass is 16.7. The van der Waals surface area contributed by atoms with Gasteiger partial charge in [-0.3, -0.25) is 4.68 Å². The molecule has 6 nitrogen and oxygen atoms in total. The van der Waals surface area contributed by atoms with Gasteiger partial charge in [0.05, 0.1) is 12.1 Å². The molecule has 0 saturated heterocycles. The Labute approximate surface area is 136 Å². The van der Waals surface area contributed by atoms with Gasteiger partial charge >= 0.3 is 0 Å². The summed E-state index contributed by atoms with van der Waals surface area (Å²) in [5.41, 5.74) is -0.0534. The maximum atomic E-state index is 11.2. The van der Waals surface area contributed by atoms with Crippen molar-refractivity contribution in [2.24, 2.45) is 5.41 Å². The quantitative estimate of drug-likeness (QED) is 0.917. The van der Waals surface area contributed by atoms with Gasteiger partial charge in [-0.05, 0) is 36.0 Å². The molecule has 1 aromatic heterocycles. The van der Waals surface area contributed by atoms with E-state index in [0.717, 1.165) is 23.5 Å². The first kappa shape index (κ1) is 15.8. The largest absolute Gasteiger partial charge is 0.454 e. The van der Waals surface area contributed by atoms with Gasteiger partial charge in [-0.1, -0.05) is 26.8 Å². The Morgan fingerprint density at radius 2 is 2.00 bits per heavy atom. The lowest BCUT2D eigenvalue weighted by Crippen LogP contribution is -2.47. The van der Waals surface area contributed by atoms with Crippen LogP contribution < -0.4 is 9.47 Å². The van der Waals surface area contributed by atoms with Crippen LogP contribution in [-0.4, -0.2) is 32.3 Å². The average Bonchev–Trinajstić information content (AvgIpc) is 3.14. The Hall–Kier alpha value is -2.08. The smallest absolute Gasteiger partial charge is 0.231 e. The molecule has 124 valence electrons. The number of nitrogens with zero attached hydrogens (tertiary/aromatic N) is 3. The predicted octanol–water partition coefficient (Wildman–Crippen LogP) is 2.42. The van der Waals surface area contributed by atoms with Gasteiger partial charge in [-0.2, -0.15) is 5.10 Å². The summed E-state index contributed by atoms with van der Waals surface area (Å²) in [4.78, 5) is 3.96. The van der Waals surface area contributed by atoms with Crippen molar-refractivity contribution in [1.82, 2.24) is 14.8 Å². The zero-order valence-electron chi connectivity index (χ0n) is 13.8. The van der Waals surface area contributed by atoms with E-state index in [9.17, 15) is 5.11 Å². The number of benzene rings is 1. The van der Waals surface area contributed by atoms with Crippen molar-refractivity contribution in [3.63, 3.8) is 0 Å². The van der Waals surface area contributed by atoms with Crippen LogP contribution in [0.1, 0.15) is 32.8 Å². The minimum Gasteiger partial charge on any atom is -0.454 e. The number of hydrogen-bond acceptors (Lipinski definition) is 5. The molecule has 1 aromatic carbocycles. The molecule has 23 heavy (non-hydrogen) atoms. The summed E-state index contributed by atoms with van der Waals surface area (Å²) in [5, 5.41) is 15.4. The lowest BCUT2D eigenvalue weighted by Gasteiger charge is -2.40. The Morgan fingerprint density at radius 1 is 1.22 bits per heavy atom. The van der Waals surface area contributed by atoms with E-state index in [-0.39, 0.29) is 12.2 Å². The third-order valence-corrected chi connectivity index (χ3v) is 4.55. The van der Waals surface area contributed by atoms with Gasteiger partial charge in [0.15, 0.2) is 11.5 Å². The number of rotatable bonds is 5. The van der Waals surface area contributed by atoms with Crippen LogP contribution in [-0.2, 0) is 13.0 Å². The van der Waals surface area contributed by atoms with Crippen LogP contribution in [0.2, 0.25) is 0 Å². The number of aryl methyl sites for hydroxylation is 1. The molecule has 1 N–H and O–H groups in total. The standard InChI is InChI=1S/C17H23N3O3/c1-16(2,3)17(21,9-20-11-18-10-19-20)7-6-13-4-5-14-15(8-13)23-12-22-14/h4-5,8,10-11,21H,6-7,9,12H2,1-3H3. The monoisotopic (exact) mass is 317 g/mol. The maximum absolute atomic E-state index is 11.2. The van der Waals surface area contributed by atoms with Gasteiger partial charge in [-0.25, -0.2) is 4.98 Å². The zero-order valence-corrected chi connectivity index (χ0v) is 13.8. The van der Waals surface area contributed by atoms with Crippen molar-refractivity contribution in [1.29, 1.82) is 0 Å². The Balaban J connectivity index is 1.74. The first-order valence-electron chi connectivity index (χ1n) is 7.81. The second-order valence-corrected chi connectivity index (χ2v) is 7.06. The number of aromatic nitrogens is 3. The normalized spacial score (nSPS) is 16.3. The fourth-order valence-electron chi connectivity index (χ4n) is 2.72. The van der Waals surface area contributed by atoms with Crippen molar-refractivity contribution in [3.8, 4) is 11.5 Å². The molecule has 1 aliphatic heterocycles. The molecular formula is C17H23N3O3. The predicted molar refractivity (Wildman–Crippen MR) is 85.3 cm³/mol. The van der Waals surface area contributed by atoms with E-state index < -0.39 is 5.60 Å². The highest BCUT2D eigenvalue weighted by molar-refractivity contribution is 5.44. The van der Waals surface area contributed by atoms with Crippen molar-refractivity contribution in [3.05, 3.63) is 36.4 Å². The molecular weight excluding hydrogens is 294 g/mol. The Morgan fingerprint density at radius 3 is 2.70 bits per heavy atom. The van der Waals surface area contributed by atoms with E-state index in [1.807, 2.05) is 39.0 Å². The van der Waals surface area contributed by atoms with Gasteiger partial charge in [0.1, 0.15) is 12.7 Å². The van der Waals surface area contributed by atoms with Crippen LogP contribution in [0.25, 0.3) is 0 Å². The second-order valence-electron chi connectivity index (χ2n) is 7.06. The summed E-state index contributed by atoms with van der Waals surface area (Å²) in [6.07, 6.45) is 4.49. The molecule has 3 rings (SSSR count). The zero-order chi connectivity index (χ0) is 16.5. The highest BCUT2D eigenvalue weighted by Gasteiger charge is 2.40. The third kappa shape index (κ3) is 3.32. The van der Waals surface area contributed by atoms with Gasteiger partial charge in [0.2, 0.25) is 6.79 Å². The molecule has 0 aliphatic carbocycles. The molecule has 2 heterocycles. The SMILES string of the molecule is CC(C)(C)C(O)(CCc1ccc2c(c1)OCO2)Cn1cncn1. The first-order chi connectivity index (χ1) is 10.9. The molecule has 0 bridgehead atoms. The topological polar surface area (TPSA) is 69.4 Å². The van der Waals surface area contributed by atoms with Crippen LogP contribution >= 0.6 is 0 Å². The molecule has 0 spiro atoms. The maximum Gasteiger partial charge on any atom is 0.231 e. The van der Waals surface area contributed by atoms with Gasteiger partial charge in [0, 0.05) is 0 Å². The van der Waals surface area contributed by atoms with Crippen LogP contribution in [0.5, 0.6) is 11.5 Å². The fraction of sp³-hybridized carbons (Fsp3) is 0.529. The van der Waals surface area contributed by atoms with Crippen molar-refractivity contribution >= 4 is 0 Å². The third-order valence-electron chi connectivity index (χ3n) is 4.55. The van der Waals surface area contributed by atoms with Crippen LogP contribution in [0.15, 0.2) is 30.9 Å². The van der Waals surface area contributed by atoms with Gasteiger partial charge < -0.3 is 14.6 Å². The van der Waals surface area contributed by atoms with Crippen molar-refractivity contribution < 1.29 is 14.6 Å². The molecule has 1 atom stereocenters. The lowest BCUT2D eigenvalue weighted by atomic mass is 9.73. The number of aliphatic hydroxyl groups is 1. The molecule has 0 amide bonds. The summed E-state index contributed by atoms with van der Waals surface area (Å²) >= 11 is 0. The summed E-state index contributed by atoms with van der Waals surface area (Å²) in [5.74, 6) is 1.56. The van der Waals surface area contributed by atoms with Crippen molar-refractivity contribution in [2.75, 3.05) is 6.79 Å². The Kier molecular flexibility index (Phi) is 4.02. The first-order valence-corrected chi connectivity index (χ1v) is 7.81. The number of fused-ring (bicyclic) bond motifs is 1. The molecule has 1 unspecified atom stereocenters. The van der Waals surface area contributed by atoms with Crippen molar-refractivity contribution in [2.45, 2.75) is 45.8 Å². The van der Waals surface area contributed by atoms with E-state index in [1.54, 1.807) is 11.0 Å². The van der Waals surface area contributed by atoms with Crippen LogP contribution in [0, 0.1) is 5.41 Å². The van der Waals surface area contributed by atoms with Gasteiger partial charge in [-0.15, -0.1) is 0 Å². The molecule has 2 aromatic rings.